The number of carbonyl (C=O) groups excluding carboxylic acids is 1. The number of amides is 1. The Labute approximate surface area is 115 Å². The molecule has 3 heterocycles. The number of rotatable bonds is 3. The van der Waals surface area contributed by atoms with E-state index >= 15 is 0 Å². The van der Waals surface area contributed by atoms with Gasteiger partial charge < -0.3 is 4.90 Å². The summed E-state index contributed by atoms with van der Waals surface area (Å²) in [5.74, 6) is 0.692. The lowest BCUT2D eigenvalue weighted by Crippen LogP contribution is -2.28. The lowest BCUT2D eigenvalue weighted by molar-refractivity contribution is -0.128. The van der Waals surface area contributed by atoms with E-state index in [4.69, 9.17) is 0 Å². The third-order valence-corrected chi connectivity index (χ3v) is 4.27. The predicted octanol–water partition coefficient (Wildman–Crippen LogP) is 2.25. The maximum atomic E-state index is 12.0. The molecule has 4 nitrogen and oxygen atoms in total. The number of carbonyl (C=O) groups is 1. The Bertz CT molecular complexity index is 561. The van der Waals surface area contributed by atoms with E-state index in [0.29, 0.717) is 12.3 Å². The quantitative estimate of drug-likeness (QED) is 0.859. The standard InChI is InChI=1S/C14H13N3OS/c18-13-10-19-14(11-4-7-15-8-5-11)17(13)9-12-3-1-2-6-16-12/h1-8,14H,9-10H2. The van der Waals surface area contributed by atoms with Crippen molar-refractivity contribution in [3.63, 3.8) is 0 Å². The van der Waals surface area contributed by atoms with E-state index in [1.807, 2.05) is 35.2 Å². The van der Waals surface area contributed by atoms with Crippen molar-refractivity contribution in [2.75, 3.05) is 5.75 Å². The highest BCUT2D eigenvalue weighted by atomic mass is 32.2. The number of pyridine rings is 2. The molecule has 0 aromatic carbocycles. The Kier molecular flexibility index (Phi) is 3.46. The second-order valence-corrected chi connectivity index (χ2v) is 5.36. The molecule has 0 saturated carbocycles. The Morgan fingerprint density at radius 1 is 1.21 bits per heavy atom. The van der Waals surface area contributed by atoms with E-state index in [1.54, 1.807) is 30.4 Å². The second-order valence-electron chi connectivity index (χ2n) is 4.29. The molecular weight excluding hydrogens is 258 g/mol. The monoisotopic (exact) mass is 271 g/mol. The number of thioether (sulfide) groups is 1. The van der Waals surface area contributed by atoms with Crippen LogP contribution in [0.3, 0.4) is 0 Å². The fourth-order valence-electron chi connectivity index (χ4n) is 2.10. The molecule has 0 bridgehead atoms. The van der Waals surface area contributed by atoms with Crippen LogP contribution in [0.5, 0.6) is 0 Å². The first-order valence-corrected chi connectivity index (χ1v) is 7.10. The van der Waals surface area contributed by atoms with Gasteiger partial charge in [0.05, 0.1) is 18.0 Å². The zero-order valence-corrected chi connectivity index (χ0v) is 11.1. The van der Waals surface area contributed by atoms with Crippen LogP contribution in [-0.4, -0.2) is 26.5 Å². The molecule has 1 aliphatic rings. The summed E-state index contributed by atoms with van der Waals surface area (Å²) in [7, 11) is 0. The van der Waals surface area contributed by atoms with Crippen LogP contribution in [0.4, 0.5) is 0 Å². The average molecular weight is 271 g/mol. The van der Waals surface area contributed by atoms with E-state index in [1.165, 1.54) is 0 Å². The van der Waals surface area contributed by atoms with E-state index in [9.17, 15) is 4.79 Å². The van der Waals surface area contributed by atoms with Gasteiger partial charge in [-0.15, -0.1) is 11.8 Å². The third kappa shape index (κ3) is 2.61. The highest BCUT2D eigenvalue weighted by Gasteiger charge is 2.32. The first kappa shape index (κ1) is 12.2. The summed E-state index contributed by atoms with van der Waals surface area (Å²) < 4.78 is 0. The highest BCUT2D eigenvalue weighted by molar-refractivity contribution is 8.00. The van der Waals surface area contributed by atoms with Crippen LogP contribution in [0.2, 0.25) is 0 Å². The van der Waals surface area contributed by atoms with Crippen LogP contribution < -0.4 is 0 Å². The summed E-state index contributed by atoms with van der Waals surface area (Å²) in [6, 6.07) is 9.69. The van der Waals surface area contributed by atoms with Crippen LogP contribution in [0.25, 0.3) is 0 Å². The molecule has 1 saturated heterocycles. The van der Waals surface area contributed by atoms with Gasteiger partial charge in [-0.3, -0.25) is 14.8 Å². The van der Waals surface area contributed by atoms with Crippen molar-refractivity contribution in [1.82, 2.24) is 14.9 Å². The molecule has 1 fully saturated rings. The molecule has 0 aliphatic carbocycles. The van der Waals surface area contributed by atoms with Crippen molar-refractivity contribution >= 4 is 17.7 Å². The molecule has 1 unspecified atom stereocenters. The SMILES string of the molecule is O=C1CSC(c2ccncc2)N1Cc1ccccn1. The molecule has 3 rings (SSSR count). The summed E-state index contributed by atoms with van der Waals surface area (Å²) in [6.45, 7) is 0.555. The molecule has 19 heavy (non-hydrogen) atoms. The number of hydrogen-bond donors (Lipinski definition) is 0. The first-order valence-electron chi connectivity index (χ1n) is 6.05. The minimum atomic E-state index is 0.0671. The van der Waals surface area contributed by atoms with E-state index in [-0.39, 0.29) is 11.3 Å². The van der Waals surface area contributed by atoms with Crippen LogP contribution in [0.15, 0.2) is 48.9 Å². The van der Waals surface area contributed by atoms with Gasteiger partial charge in [-0.2, -0.15) is 0 Å². The zero-order chi connectivity index (χ0) is 13.1. The second kappa shape index (κ2) is 5.40. The minimum absolute atomic E-state index is 0.0671. The molecule has 0 radical (unpaired) electrons. The molecule has 1 amide bonds. The Morgan fingerprint density at radius 2 is 2.05 bits per heavy atom. The fraction of sp³-hybridized carbons (Fsp3) is 0.214. The summed E-state index contributed by atoms with van der Waals surface area (Å²) in [5.41, 5.74) is 2.03. The van der Waals surface area contributed by atoms with Crippen LogP contribution in [0, 0.1) is 0 Å². The number of aromatic nitrogens is 2. The van der Waals surface area contributed by atoms with Crippen molar-refractivity contribution in [1.29, 1.82) is 0 Å². The van der Waals surface area contributed by atoms with Gasteiger partial charge in [0.1, 0.15) is 5.37 Å². The lowest BCUT2D eigenvalue weighted by Gasteiger charge is -2.23. The van der Waals surface area contributed by atoms with E-state index < -0.39 is 0 Å². The maximum Gasteiger partial charge on any atom is 0.234 e. The van der Waals surface area contributed by atoms with Gasteiger partial charge in [0.2, 0.25) is 5.91 Å². The van der Waals surface area contributed by atoms with Gasteiger partial charge in [0.15, 0.2) is 0 Å². The van der Waals surface area contributed by atoms with Crippen LogP contribution in [-0.2, 0) is 11.3 Å². The average Bonchev–Trinajstić information content (AvgIpc) is 2.82. The van der Waals surface area contributed by atoms with Crippen molar-refractivity contribution in [2.45, 2.75) is 11.9 Å². The molecular formula is C14H13N3OS. The van der Waals surface area contributed by atoms with Crippen molar-refractivity contribution < 1.29 is 4.79 Å². The van der Waals surface area contributed by atoms with Crippen LogP contribution in [0.1, 0.15) is 16.6 Å². The summed E-state index contributed by atoms with van der Waals surface area (Å²) >= 11 is 1.65. The Morgan fingerprint density at radius 3 is 2.79 bits per heavy atom. The van der Waals surface area contributed by atoms with Gasteiger partial charge in [0, 0.05) is 18.6 Å². The van der Waals surface area contributed by atoms with Crippen molar-refractivity contribution in [3.05, 3.63) is 60.2 Å². The number of nitrogens with zero attached hydrogens (tertiary/aromatic N) is 3. The topological polar surface area (TPSA) is 46.1 Å². The molecule has 0 spiro atoms. The van der Waals surface area contributed by atoms with Gasteiger partial charge in [-0.1, -0.05) is 6.07 Å². The van der Waals surface area contributed by atoms with E-state index in [2.05, 4.69) is 9.97 Å². The van der Waals surface area contributed by atoms with Crippen molar-refractivity contribution in [2.24, 2.45) is 0 Å². The van der Waals surface area contributed by atoms with Gasteiger partial charge in [-0.05, 0) is 29.8 Å². The largest absolute Gasteiger partial charge is 0.320 e. The lowest BCUT2D eigenvalue weighted by atomic mass is 10.2. The normalized spacial score (nSPS) is 18.8. The zero-order valence-electron chi connectivity index (χ0n) is 10.3. The highest BCUT2D eigenvalue weighted by Crippen LogP contribution is 2.38. The maximum absolute atomic E-state index is 12.0. The van der Waals surface area contributed by atoms with Gasteiger partial charge >= 0.3 is 0 Å². The van der Waals surface area contributed by atoms with E-state index in [0.717, 1.165) is 11.3 Å². The smallest absolute Gasteiger partial charge is 0.234 e. The summed E-state index contributed by atoms with van der Waals surface area (Å²) in [5, 5.41) is 0.0671. The van der Waals surface area contributed by atoms with Gasteiger partial charge in [-0.25, -0.2) is 0 Å². The molecule has 5 heteroatoms. The fourth-order valence-corrected chi connectivity index (χ4v) is 3.28. The molecule has 1 atom stereocenters. The minimum Gasteiger partial charge on any atom is -0.320 e. The number of hydrogen-bond acceptors (Lipinski definition) is 4. The summed E-state index contributed by atoms with van der Waals surface area (Å²) in [4.78, 5) is 22.2. The molecule has 0 N–H and O–H groups in total. The first-order chi connectivity index (χ1) is 9.34. The summed E-state index contributed by atoms with van der Waals surface area (Å²) in [6.07, 6.45) is 5.28. The molecule has 96 valence electrons. The Hall–Kier alpha value is -1.88. The molecule has 1 aliphatic heterocycles. The third-order valence-electron chi connectivity index (χ3n) is 3.02. The molecule has 2 aromatic heterocycles. The molecule has 2 aromatic rings. The van der Waals surface area contributed by atoms with Crippen LogP contribution >= 0.6 is 11.8 Å². The predicted molar refractivity (Wildman–Crippen MR) is 74.2 cm³/mol. The van der Waals surface area contributed by atoms with Crippen molar-refractivity contribution in [3.8, 4) is 0 Å². The Balaban J connectivity index is 1.83. The van der Waals surface area contributed by atoms with Gasteiger partial charge in [0.25, 0.3) is 0 Å².